The van der Waals surface area contributed by atoms with Crippen LogP contribution in [0.5, 0.6) is 6.01 Å². The number of rotatable bonds is 6. The van der Waals surface area contributed by atoms with E-state index in [2.05, 4.69) is 15.2 Å². The van der Waals surface area contributed by atoms with Gasteiger partial charge in [0.15, 0.2) is 0 Å². The largest absolute Gasteiger partial charge is 0.463 e. The van der Waals surface area contributed by atoms with Crippen LogP contribution in [-0.2, 0) is 17.7 Å². The normalized spacial score (nSPS) is 28.8. The van der Waals surface area contributed by atoms with E-state index in [1.165, 1.54) is 0 Å². The highest BCUT2D eigenvalue weighted by Crippen LogP contribution is 2.60. The summed E-state index contributed by atoms with van der Waals surface area (Å²) in [7, 11) is 3.58. The van der Waals surface area contributed by atoms with Crippen LogP contribution in [0.1, 0.15) is 51.3 Å². The minimum absolute atomic E-state index is 0.0452. The van der Waals surface area contributed by atoms with Gasteiger partial charge >= 0.3 is 12.1 Å². The summed E-state index contributed by atoms with van der Waals surface area (Å²) in [5.74, 6) is -1.94. The van der Waals surface area contributed by atoms with E-state index in [4.69, 9.17) is 14.5 Å². The first-order chi connectivity index (χ1) is 16.9. The number of fused-ring (bicyclic) bond motifs is 3. The van der Waals surface area contributed by atoms with Crippen molar-refractivity contribution in [1.29, 1.82) is 0 Å². The summed E-state index contributed by atoms with van der Waals surface area (Å²) in [6.07, 6.45) is 2.17. The summed E-state index contributed by atoms with van der Waals surface area (Å²) in [6, 6.07) is 0.239. The number of aromatic nitrogens is 2. The van der Waals surface area contributed by atoms with Crippen LogP contribution in [0.15, 0.2) is 0 Å². The summed E-state index contributed by atoms with van der Waals surface area (Å²) in [4.78, 5) is 28.1. The van der Waals surface area contributed by atoms with Crippen molar-refractivity contribution in [2.24, 2.45) is 5.41 Å². The smallest absolute Gasteiger partial charge is 0.410 e. The quantitative estimate of drug-likeness (QED) is 0.628. The maximum absolute atomic E-state index is 14.2. The van der Waals surface area contributed by atoms with E-state index in [-0.39, 0.29) is 43.8 Å². The van der Waals surface area contributed by atoms with Crippen LogP contribution in [0.4, 0.5) is 19.4 Å². The number of anilines is 1. The molecule has 1 amide bonds. The maximum atomic E-state index is 14.2. The first-order valence-corrected chi connectivity index (χ1v) is 12.9. The summed E-state index contributed by atoms with van der Waals surface area (Å²) >= 11 is 0. The van der Waals surface area contributed by atoms with Crippen LogP contribution in [0.25, 0.3) is 0 Å². The fourth-order valence-electron chi connectivity index (χ4n) is 5.89. The molecular formula is C25H38F2N6O3. The summed E-state index contributed by atoms with van der Waals surface area (Å²) in [5, 5.41) is 3.34. The van der Waals surface area contributed by atoms with Gasteiger partial charge in [0.05, 0.1) is 23.2 Å². The van der Waals surface area contributed by atoms with Gasteiger partial charge in [-0.25, -0.2) is 13.6 Å². The molecule has 1 aromatic heterocycles. The van der Waals surface area contributed by atoms with E-state index >= 15 is 0 Å². The van der Waals surface area contributed by atoms with Gasteiger partial charge in [0.25, 0.3) is 5.92 Å². The molecule has 36 heavy (non-hydrogen) atoms. The van der Waals surface area contributed by atoms with Crippen LogP contribution in [-0.4, -0.2) is 96.3 Å². The van der Waals surface area contributed by atoms with Gasteiger partial charge in [0, 0.05) is 38.2 Å². The molecular weight excluding hydrogens is 470 g/mol. The number of halogens is 2. The van der Waals surface area contributed by atoms with Gasteiger partial charge < -0.3 is 24.6 Å². The lowest BCUT2D eigenvalue weighted by Crippen LogP contribution is -2.57. The van der Waals surface area contributed by atoms with E-state index in [0.717, 1.165) is 42.9 Å². The van der Waals surface area contributed by atoms with Gasteiger partial charge in [-0.15, -0.1) is 0 Å². The van der Waals surface area contributed by atoms with E-state index in [1.807, 2.05) is 25.7 Å². The van der Waals surface area contributed by atoms with Crippen molar-refractivity contribution in [2.75, 3.05) is 51.8 Å². The predicted octanol–water partition coefficient (Wildman–Crippen LogP) is 2.68. The molecule has 5 rings (SSSR count). The second kappa shape index (κ2) is 8.93. The Morgan fingerprint density at radius 1 is 1.19 bits per heavy atom. The molecule has 1 aliphatic carbocycles. The Morgan fingerprint density at radius 2 is 1.86 bits per heavy atom. The van der Waals surface area contributed by atoms with E-state index in [9.17, 15) is 13.6 Å². The van der Waals surface area contributed by atoms with Crippen molar-refractivity contribution < 1.29 is 23.0 Å². The van der Waals surface area contributed by atoms with Crippen molar-refractivity contribution >= 4 is 11.9 Å². The number of piperazine rings is 1. The van der Waals surface area contributed by atoms with Crippen LogP contribution < -0.4 is 15.0 Å². The second-order valence-corrected chi connectivity index (χ2v) is 12.0. The average Bonchev–Trinajstić information content (AvgIpc) is 3.20. The number of amides is 1. The van der Waals surface area contributed by atoms with Gasteiger partial charge in [-0.2, -0.15) is 9.97 Å². The molecule has 200 valence electrons. The number of nitrogens with one attached hydrogen (secondary N) is 1. The molecule has 1 saturated carbocycles. The lowest BCUT2D eigenvalue weighted by atomic mass is 10.1. The maximum Gasteiger partial charge on any atom is 0.410 e. The number of carbonyl (C=O) groups excluding carboxylic acids is 1. The number of hydrogen-bond acceptors (Lipinski definition) is 8. The lowest BCUT2D eigenvalue weighted by molar-refractivity contribution is 0.0121. The second-order valence-electron chi connectivity index (χ2n) is 12.0. The highest BCUT2D eigenvalue weighted by Gasteiger charge is 2.71. The van der Waals surface area contributed by atoms with Gasteiger partial charge in [0.1, 0.15) is 18.0 Å². The lowest BCUT2D eigenvalue weighted by Gasteiger charge is -2.42. The number of ether oxygens (including phenoxy) is 2. The Bertz CT molecular complexity index is 1000. The molecule has 0 aromatic carbocycles. The van der Waals surface area contributed by atoms with Crippen molar-refractivity contribution in [2.45, 2.75) is 76.6 Å². The van der Waals surface area contributed by atoms with E-state index in [1.54, 1.807) is 19.0 Å². The average molecular weight is 509 g/mol. The Labute approximate surface area is 211 Å². The number of carbonyl (C=O) groups is 1. The van der Waals surface area contributed by atoms with Gasteiger partial charge in [-0.1, -0.05) is 0 Å². The third-order valence-electron chi connectivity index (χ3n) is 7.59. The molecule has 1 aromatic rings. The molecule has 1 N–H and O–H groups in total. The molecule has 3 fully saturated rings. The monoisotopic (exact) mass is 508 g/mol. The fraction of sp³-hybridized carbons (Fsp3) is 0.800. The minimum atomic E-state index is -2.74. The molecule has 4 aliphatic rings. The molecule has 9 nitrogen and oxygen atoms in total. The molecule has 2 saturated heterocycles. The number of nitrogens with zero attached hydrogens (tertiary/aromatic N) is 5. The first kappa shape index (κ1) is 25.4. The Hall–Kier alpha value is -2.27. The molecule has 4 heterocycles. The molecule has 3 atom stereocenters. The van der Waals surface area contributed by atoms with Crippen LogP contribution in [0, 0.1) is 5.41 Å². The SMILES string of the molecule is CN(C)CC1(COc2nc3c(c(N4CC5CCC(C4)N5C(=O)OC(C)(C)C)n2)CCNC3)CC1(F)F. The molecule has 2 bridgehead atoms. The highest BCUT2D eigenvalue weighted by molar-refractivity contribution is 5.70. The number of alkyl halides is 2. The summed E-state index contributed by atoms with van der Waals surface area (Å²) in [6.45, 7) is 8.47. The fourth-order valence-corrected chi connectivity index (χ4v) is 5.89. The molecule has 0 spiro atoms. The van der Waals surface area contributed by atoms with Crippen molar-refractivity contribution in [1.82, 2.24) is 25.1 Å². The van der Waals surface area contributed by atoms with Crippen molar-refractivity contribution in [3.63, 3.8) is 0 Å². The Balaban J connectivity index is 1.36. The molecule has 0 radical (unpaired) electrons. The first-order valence-electron chi connectivity index (χ1n) is 12.9. The molecule has 3 unspecified atom stereocenters. The van der Waals surface area contributed by atoms with Crippen LogP contribution in [0.3, 0.4) is 0 Å². The summed E-state index contributed by atoms with van der Waals surface area (Å²) < 4.78 is 40.1. The van der Waals surface area contributed by atoms with E-state index in [0.29, 0.717) is 19.6 Å². The van der Waals surface area contributed by atoms with E-state index < -0.39 is 16.9 Å². The van der Waals surface area contributed by atoms with Crippen molar-refractivity contribution in [3.8, 4) is 6.01 Å². The highest BCUT2D eigenvalue weighted by atomic mass is 19.3. The topological polar surface area (TPSA) is 83.1 Å². The number of hydrogen-bond donors (Lipinski definition) is 1. The predicted molar refractivity (Wildman–Crippen MR) is 131 cm³/mol. The zero-order valence-electron chi connectivity index (χ0n) is 21.9. The molecule has 11 heteroatoms. The standard InChI is InChI=1S/C25H38F2N6O3/c1-23(2,3)36-22(34)33-16-6-7-17(33)12-32(11-16)20-18-8-9-28-10-19(18)29-21(30-20)35-15-24(14-31(4)5)13-25(24,26)27/h16-17,28H,6-15H2,1-5H3. The molecule has 3 aliphatic heterocycles. The Kier molecular flexibility index (Phi) is 6.30. The minimum Gasteiger partial charge on any atom is -0.463 e. The third kappa shape index (κ3) is 4.83. The Morgan fingerprint density at radius 3 is 2.44 bits per heavy atom. The van der Waals surface area contributed by atoms with Gasteiger partial charge in [-0.3, -0.25) is 4.90 Å². The van der Waals surface area contributed by atoms with Crippen molar-refractivity contribution in [3.05, 3.63) is 11.3 Å². The van der Waals surface area contributed by atoms with Crippen LogP contribution in [0.2, 0.25) is 0 Å². The zero-order valence-corrected chi connectivity index (χ0v) is 21.9. The van der Waals surface area contributed by atoms with Crippen LogP contribution >= 0.6 is 0 Å². The van der Waals surface area contributed by atoms with Gasteiger partial charge in [-0.05, 0) is 60.7 Å². The van der Waals surface area contributed by atoms with Gasteiger partial charge in [0.2, 0.25) is 0 Å². The zero-order chi connectivity index (χ0) is 25.9. The summed E-state index contributed by atoms with van der Waals surface area (Å²) in [5.41, 5.74) is 0.186. The third-order valence-corrected chi connectivity index (χ3v) is 7.59.